The molecule has 0 amide bonds. The second-order valence-corrected chi connectivity index (χ2v) is 10.1. The molecule has 0 atom stereocenters. The van der Waals surface area contributed by atoms with Gasteiger partial charge in [0.05, 0.1) is 27.2 Å². The first-order chi connectivity index (χ1) is 13.7. The topological polar surface area (TPSA) is 125 Å². The van der Waals surface area contributed by atoms with E-state index in [4.69, 9.17) is 23.7 Å². The lowest BCUT2D eigenvalue weighted by Gasteiger charge is -2.39. The first-order valence-electron chi connectivity index (χ1n) is 9.39. The first-order valence-corrected chi connectivity index (χ1v) is 11.4. The summed E-state index contributed by atoms with van der Waals surface area (Å²) >= 11 is 3.48. The molecule has 0 unspecified atom stereocenters. The highest BCUT2D eigenvalue weighted by Crippen LogP contribution is 2.41. The lowest BCUT2D eigenvalue weighted by atomic mass is 9.74. The number of hydrazone groups is 1. The third-order valence-electron chi connectivity index (χ3n) is 4.80. The third-order valence-corrected chi connectivity index (χ3v) is 5.33. The predicted octanol–water partition coefficient (Wildman–Crippen LogP) is -0.0603. The Kier molecular flexibility index (Phi) is 8.20. The van der Waals surface area contributed by atoms with Crippen LogP contribution in [-0.4, -0.2) is 53.2 Å². The van der Waals surface area contributed by atoms with Crippen LogP contribution in [0.3, 0.4) is 0 Å². The van der Waals surface area contributed by atoms with Crippen molar-refractivity contribution >= 4 is 27.4 Å². The molecule has 1 aromatic carbocycles. The molecule has 1 aliphatic heterocycles. The highest BCUT2D eigenvalue weighted by Gasteiger charge is 2.37. The average molecular weight is 505 g/mol. The summed E-state index contributed by atoms with van der Waals surface area (Å²) in [6.45, 7) is 6.05. The normalized spacial score (nSPS) is 18.7. The van der Waals surface area contributed by atoms with Crippen LogP contribution in [0.25, 0.3) is 0 Å². The molecule has 30 heavy (non-hydrogen) atoms. The number of benzene rings is 1. The lowest BCUT2D eigenvalue weighted by Crippen LogP contribution is -2.58. The summed E-state index contributed by atoms with van der Waals surface area (Å²) in [7, 11) is -0.566. The van der Waals surface area contributed by atoms with E-state index in [1.54, 1.807) is 0 Å². The standard InChI is InChI=1S/C20H26BrN3O.ClHO4/c1-20(2)12-18-16(19(25)13-20)11-17(14-5-7-15(21)8-6-14)22-24(18)10-9-23(3)4;2-1(3,4)5/h5-8H,9-13H2,1-4H3;(H,2,3,4,5). The first kappa shape index (κ1) is 24.9. The molecule has 1 aliphatic carbocycles. The molecule has 166 valence electrons. The Morgan fingerprint density at radius 3 is 2.30 bits per heavy atom. The van der Waals surface area contributed by atoms with Gasteiger partial charge in [-0.2, -0.15) is 19.1 Å². The number of Topliss-reactive ketones (excluding diaryl/α,β-unsaturated/α-hetero) is 1. The smallest absolute Gasteiger partial charge is 0.161 e. The monoisotopic (exact) mass is 503 g/mol. The van der Waals surface area contributed by atoms with E-state index in [0.29, 0.717) is 12.8 Å². The SMILES string of the molecule is CN(C)CCN1N=C(c2ccc(Br)cc2)CC2=C1CC(C)(C)CC2=O.[O-][Cl+3]([O-])([O-])O. The van der Waals surface area contributed by atoms with Crippen molar-refractivity contribution in [3.8, 4) is 0 Å². The van der Waals surface area contributed by atoms with Crippen LogP contribution < -0.4 is 14.0 Å². The van der Waals surface area contributed by atoms with Gasteiger partial charge in [0, 0.05) is 35.1 Å². The van der Waals surface area contributed by atoms with E-state index in [0.717, 1.165) is 46.5 Å². The molecule has 0 radical (unpaired) electrons. The number of allylic oxidation sites excluding steroid dienone is 2. The minimum absolute atomic E-state index is 0.0108. The highest BCUT2D eigenvalue weighted by molar-refractivity contribution is 9.10. The quantitative estimate of drug-likeness (QED) is 0.609. The molecule has 10 heteroatoms. The predicted molar refractivity (Wildman–Crippen MR) is 108 cm³/mol. The van der Waals surface area contributed by atoms with Crippen molar-refractivity contribution in [1.29, 1.82) is 0 Å². The Morgan fingerprint density at radius 2 is 1.77 bits per heavy atom. The van der Waals surface area contributed by atoms with Gasteiger partial charge in [0.15, 0.2) is 5.78 Å². The summed E-state index contributed by atoms with van der Waals surface area (Å²) < 4.78 is 33.8. The van der Waals surface area contributed by atoms with Gasteiger partial charge in [-0.05, 0) is 43.6 Å². The van der Waals surface area contributed by atoms with Crippen molar-refractivity contribution in [2.75, 3.05) is 27.2 Å². The van der Waals surface area contributed by atoms with Gasteiger partial charge in [-0.1, -0.05) is 41.9 Å². The maximum Gasteiger partial charge on any atom is 0.161 e. The summed E-state index contributed by atoms with van der Waals surface area (Å²) in [4.78, 5) is 15.0. The number of halogens is 2. The summed E-state index contributed by atoms with van der Waals surface area (Å²) in [5.41, 5.74) is 4.17. The summed E-state index contributed by atoms with van der Waals surface area (Å²) in [5.74, 6) is 0.283. The molecule has 2 aliphatic rings. The van der Waals surface area contributed by atoms with Crippen molar-refractivity contribution in [2.24, 2.45) is 10.5 Å². The molecule has 0 aromatic heterocycles. The minimum Gasteiger partial charge on any atom is -0.308 e. The van der Waals surface area contributed by atoms with Crippen LogP contribution >= 0.6 is 15.9 Å². The van der Waals surface area contributed by atoms with Crippen molar-refractivity contribution in [3.63, 3.8) is 0 Å². The Balaban J connectivity index is 0.000000575. The van der Waals surface area contributed by atoms with Gasteiger partial charge in [-0.3, -0.25) is 9.80 Å². The lowest BCUT2D eigenvalue weighted by molar-refractivity contribution is -1.92. The molecule has 0 spiro atoms. The van der Waals surface area contributed by atoms with Gasteiger partial charge >= 0.3 is 0 Å². The minimum atomic E-state index is -4.69. The van der Waals surface area contributed by atoms with Crippen molar-refractivity contribution in [3.05, 3.63) is 45.6 Å². The maximum absolute atomic E-state index is 12.8. The molecule has 0 saturated heterocycles. The summed E-state index contributed by atoms with van der Waals surface area (Å²) in [5, 5.41) is 7.01. The number of ketones is 1. The molecular formula is C20H27BrClN3O5. The van der Waals surface area contributed by atoms with E-state index in [-0.39, 0.29) is 11.2 Å². The van der Waals surface area contributed by atoms with Gasteiger partial charge in [0.2, 0.25) is 0 Å². The molecular weight excluding hydrogens is 478 g/mol. The number of likely N-dealkylation sites (N-methyl/N-ethyl adjacent to an activating group) is 1. The Morgan fingerprint density at radius 1 is 1.20 bits per heavy atom. The molecule has 3 rings (SSSR count). The van der Waals surface area contributed by atoms with Crippen LogP contribution in [0.15, 0.2) is 45.1 Å². The van der Waals surface area contributed by atoms with Gasteiger partial charge in [-0.15, -0.1) is 0 Å². The Bertz CT molecular complexity index is 826. The van der Waals surface area contributed by atoms with Crippen LogP contribution in [0.1, 0.15) is 38.7 Å². The second-order valence-electron chi connectivity index (χ2n) is 8.42. The zero-order valence-corrected chi connectivity index (χ0v) is 19.9. The average Bonchev–Trinajstić information content (AvgIpc) is 2.58. The van der Waals surface area contributed by atoms with E-state index < -0.39 is 10.2 Å². The number of hydrogen-bond acceptors (Lipinski definition) is 8. The Hall–Kier alpha value is -1.33. The zero-order valence-electron chi connectivity index (χ0n) is 17.5. The van der Waals surface area contributed by atoms with Crippen molar-refractivity contribution in [2.45, 2.75) is 33.1 Å². The molecule has 1 aromatic rings. The van der Waals surface area contributed by atoms with E-state index in [9.17, 15) is 4.79 Å². The maximum atomic E-state index is 12.8. The van der Waals surface area contributed by atoms with Crippen LogP contribution in [0.5, 0.6) is 0 Å². The van der Waals surface area contributed by atoms with E-state index in [1.165, 1.54) is 0 Å². The molecule has 1 N–H and O–H groups in total. The fourth-order valence-electron chi connectivity index (χ4n) is 3.46. The second kappa shape index (κ2) is 9.86. The Labute approximate surface area is 187 Å². The van der Waals surface area contributed by atoms with Crippen LogP contribution in [0, 0.1) is 15.7 Å². The molecule has 0 fully saturated rings. The molecule has 1 heterocycles. The third kappa shape index (κ3) is 7.73. The number of carbonyl (C=O) groups is 1. The van der Waals surface area contributed by atoms with Crippen LogP contribution in [0.4, 0.5) is 0 Å². The van der Waals surface area contributed by atoms with Crippen LogP contribution in [-0.2, 0) is 4.79 Å². The molecule has 8 nitrogen and oxygen atoms in total. The van der Waals surface area contributed by atoms with Crippen molar-refractivity contribution in [1.82, 2.24) is 9.91 Å². The number of hydrogen-bond donors (Lipinski definition) is 1. The molecule has 0 saturated carbocycles. The fraction of sp³-hybridized carbons (Fsp3) is 0.500. The van der Waals surface area contributed by atoms with Crippen LogP contribution in [0.2, 0.25) is 0 Å². The van der Waals surface area contributed by atoms with E-state index in [2.05, 4.69) is 65.9 Å². The van der Waals surface area contributed by atoms with Gasteiger partial charge in [0.25, 0.3) is 0 Å². The van der Waals surface area contributed by atoms with E-state index in [1.807, 2.05) is 12.1 Å². The highest BCUT2D eigenvalue weighted by atomic mass is 79.9. The fourth-order valence-corrected chi connectivity index (χ4v) is 3.73. The van der Waals surface area contributed by atoms with Gasteiger partial charge in [0.1, 0.15) is 0 Å². The number of carbonyl (C=O) groups excluding carboxylic acids is 1. The van der Waals surface area contributed by atoms with Gasteiger partial charge < -0.3 is 4.90 Å². The summed E-state index contributed by atoms with van der Waals surface area (Å²) in [6, 6.07) is 8.18. The zero-order chi connectivity index (χ0) is 22.7. The largest absolute Gasteiger partial charge is 0.308 e. The molecule has 0 bridgehead atoms. The van der Waals surface area contributed by atoms with E-state index >= 15 is 0 Å². The number of nitrogens with zero attached hydrogens (tertiary/aromatic N) is 3. The number of rotatable bonds is 4. The summed E-state index contributed by atoms with van der Waals surface area (Å²) in [6.07, 6.45) is 2.18. The van der Waals surface area contributed by atoms with Gasteiger partial charge in [-0.25, -0.2) is 0 Å². The van der Waals surface area contributed by atoms with Crippen molar-refractivity contribution < 1.29 is 33.7 Å².